The number of hydrogen-bond acceptors (Lipinski definition) is 5. The lowest BCUT2D eigenvalue weighted by Gasteiger charge is -2.21. The molecule has 1 aromatic rings. The second-order valence-electron chi connectivity index (χ2n) is 4.32. The summed E-state index contributed by atoms with van der Waals surface area (Å²) in [6, 6.07) is 5.45. The van der Waals surface area contributed by atoms with Crippen molar-refractivity contribution in [3.05, 3.63) is 33.9 Å². The molecule has 19 heavy (non-hydrogen) atoms. The maximum Gasteiger partial charge on any atom is 0.270 e. The number of nitriles is 1. The molecule has 0 aliphatic carbocycles. The van der Waals surface area contributed by atoms with Gasteiger partial charge < -0.3 is 11.1 Å². The number of amides is 1. The molecule has 3 N–H and O–H groups in total. The van der Waals surface area contributed by atoms with Gasteiger partial charge in [0.15, 0.2) is 0 Å². The first-order chi connectivity index (χ1) is 8.81. The highest BCUT2D eigenvalue weighted by atomic mass is 16.6. The predicted octanol–water partition coefficient (Wildman–Crippen LogP) is 1.53. The fourth-order valence-electron chi connectivity index (χ4n) is 1.27. The SMILES string of the molecule is CCC(C)(N)C(=O)Nc1ccc([N+](=O)[O-])cc1C#N. The third kappa shape index (κ3) is 3.26. The number of non-ortho nitro benzene ring substituents is 1. The number of nitrogens with one attached hydrogen (secondary N) is 1. The Morgan fingerprint density at radius 3 is 2.74 bits per heavy atom. The summed E-state index contributed by atoms with van der Waals surface area (Å²) in [5.41, 5.74) is 4.74. The van der Waals surface area contributed by atoms with E-state index in [1.807, 2.05) is 0 Å². The van der Waals surface area contributed by atoms with E-state index in [2.05, 4.69) is 5.32 Å². The monoisotopic (exact) mass is 262 g/mol. The highest BCUT2D eigenvalue weighted by Gasteiger charge is 2.26. The summed E-state index contributed by atoms with van der Waals surface area (Å²) in [6.45, 7) is 3.33. The molecule has 0 radical (unpaired) electrons. The number of anilines is 1. The van der Waals surface area contributed by atoms with Gasteiger partial charge in [-0.25, -0.2) is 0 Å². The van der Waals surface area contributed by atoms with Crippen LogP contribution in [0.15, 0.2) is 18.2 Å². The van der Waals surface area contributed by atoms with Gasteiger partial charge in [0.25, 0.3) is 5.69 Å². The highest BCUT2D eigenvalue weighted by Crippen LogP contribution is 2.22. The molecule has 1 aromatic carbocycles. The number of nitro groups is 1. The van der Waals surface area contributed by atoms with Gasteiger partial charge in [0.1, 0.15) is 6.07 Å². The van der Waals surface area contributed by atoms with Crippen molar-refractivity contribution in [1.29, 1.82) is 5.26 Å². The van der Waals surface area contributed by atoms with Crippen molar-refractivity contribution in [1.82, 2.24) is 0 Å². The molecule has 0 saturated carbocycles. The minimum absolute atomic E-state index is 0.0226. The molecule has 7 nitrogen and oxygen atoms in total. The van der Waals surface area contributed by atoms with Crippen molar-refractivity contribution >= 4 is 17.3 Å². The second kappa shape index (κ2) is 5.46. The fraction of sp³-hybridized carbons (Fsp3) is 0.333. The Morgan fingerprint density at radius 1 is 1.63 bits per heavy atom. The Morgan fingerprint density at radius 2 is 2.26 bits per heavy atom. The van der Waals surface area contributed by atoms with Crippen LogP contribution >= 0.6 is 0 Å². The van der Waals surface area contributed by atoms with Crippen LogP contribution in [-0.4, -0.2) is 16.4 Å². The predicted molar refractivity (Wildman–Crippen MR) is 69.3 cm³/mol. The molecule has 1 unspecified atom stereocenters. The number of benzene rings is 1. The minimum atomic E-state index is -1.06. The van der Waals surface area contributed by atoms with E-state index in [9.17, 15) is 14.9 Å². The Bertz CT molecular complexity index is 561. The third-order valence-corrected chi connectivity index (χ3v) is 2.84. The molecular weight excluding hydrogens is 248 g/mol. The van der Waals surface area contributed by atoms with Crippen LogP contribution in [-0.2, 0) is 4.79 Å². The molecule has 0 heterocycles. The standard InChI is InChI=1S/C12H14N4O3/c1-3-12(2,14)11(17)15-10-5-4-9(16(18)19)6-8(10)7-13/h4-6H,3,14H2,1-2H3,(H,15,17). The lowest BCUT2D eigenvalue weighted by atomic mass is 9.99. The molecule has 1 rings (SSSR count). The van der Waals surface area contributed by atoms with Gasteiger partial charge in [-0.3, -0.25) is 14.9 Å². The van der Waals surface area contributed by atoms with E-state index in [4.69, 9.17) is 11.0 Å². The van der Waals surface area contributed by atoms with E-state index in [0.717, 1.165) is 6.07 Å². The molecule has 0 bridgehead atoms. The van der Waals surface area contributed by atoms with Crippen molar-refractivity contribution in [2.75, 3.05) is 5.32 Å². The van der Waals surface area contributed by atoms with Gasteiger partial charge >= 0.3 is 0 Å². The van der Waals surface area contributed by atoms with Gasteiger partial charge in [0, 0.05) is 12.1 Å². The first-order valence-corrected chi connectivity index (χ1v) is 5.60. The van der Waals surface area contributed by atoms with Gasteiger partial charge in [0.2, 0.25) is 5.91 Å². The number of nitro benzene ring substituents is 1. The zero-order valence-corrected chi connectivity index (χ0v) is 10.6. The smallest absolute Gasteiger partial charge is 0.270 e. The summed E-state index contributed by atoms with van der Waals surface area (Å²) in [5.74, 6) is -0.444. The van der Waals surface area contributed by atoms with Crippen LogP contribution in [0.4, 0.5) is 11.4 Å². The number of nitrogens with two attached hydrogens (primary N) is 1. The Labute approximate surface area is 110 Å². The average molecular weight is 262 g/mol. The molecule has 0 aromatic heterocycles. The molecule has 1 amide bonds. The minimum Gasteiger partial charge on any atom is -0.323 e. The van der Waals surface area contributed by atoms with Crippen LogP contribution in [0.25, 0.3) is 0 Å². The molecular formula is C12H14N4O3. The molecule has 7 heteroatoms. The maximum atomic E-state index is 11.9. The lowest BCUT2D eigenvalue weighted by Crippen LogP contribution is -2.47. The van der Waals surface area contributed by atoms with Gasteiger partial charge in [-0.2, -0.15) is 5.26 Å². The molecule has 0 aliphatic heterocycles. The van der Waals surface area contributed by atoms with Crippen LogP contribution in [0.3, 0.4) is 0 Å². The van der Waals surface area contributed by atoms with Gasteiger partial charge in [-0.05, 0) is 19.4 Å². The van der Waals surface area contributed by atoms with Crippen LogP contribution in [0.2, 0.25) is 0 Å². The van der Waals surface area contributed by atoms with Crippen LogP contribution in [0, 0.1) is 21.4 Å². The number of nitrogens with zero attached hydrogens (tertiary/aromatic N) is 2. The van der Waals surface area contributed by atoms with E-state index in [-0.39, 0.29) is 16.9 Å². The summed E-state index contributed by atoms with van der Waals surface area (Å²) in [6.07, 6.45) is 0.424. The average Bonchev–Trinajstić information content (AvgIpc) is 2.38. The van der Waals surface area contributed by atoms with Crippen molar-refractivity contribution < 1.29 is 9.72 Å². The number of hydrogen-bond donors (Lipinski definition) is 2. The third-order valence-electron chi connectivity index (χ3n) is 2.84. The van der Waals surface area contributed by atoms with E-state index in [1.165, 1.54) is 12.1 Å². The Balaban J connectivity index is 3.07. The second-order valence-corrected chi connectivity index (χ2v) is 4.32. The van der Waals surface area contributed by atoms with Crippen LogP contribution in [0.1, 0.15) is 25.8 Å². The summed E-state index contributed by atoms with van der Waals surface area (Å²) in [7, 11) is 0. The van der Waals surface area contributed by atoms with Crippen molar-refractivity contribution in [3.8, 4) is 6.07 Å². The van der Waals surface area contributed by atoms with Crippen LogP contribution in [0.5, 0.6) is 0 Å². The molecule has 0 saturated heterocycles. The fourth-order valence-corrected chi connectivity index (χ4v) is 1.27. The first kappa shape index (κ1) is 14.6. The number of rotatable bonds is 4. The largest absolute Gasteiger partial charge is 0.323 e. The van der Waals surface area contributed by atoms with Gasteiger partial charge in [0.05, 0.1) is 21.7 Å². The number of carbonyl (C=O) groups excluding carboxylic acids is 1. The van der Waals surface area contributed by atoms with Crippen molar-refractivity contribution in [2.45, 2.75) is 25.8 Å². The summed E-state index contributed by atoms with van der Waals surface area (Å²) < 4.78 is 0. The first-order valence-electron chi connectivity index (χ1n) is 5.60. The zero-order chi connectivity index (χ0) is 14.6. The van der Waals surface area contributed by atoms with Crippen molar-refractivity contribution in [3.63, 3.8) is 0 Å². The molecule has 1 atom stereocenters. The topological polar surface area (TPSA) is 122 Å². The molecule has 0 fully saturated rings. The molecule has 0 spiro atoms. The van der Waals surface area contributed by atoms with Crippen molar-refractivity contribution in [2.24, 2.45) is 5.73 Å². The van der Waals surface area contributed by atoms with E-state index in [1.54, 1.807) is 19.9 Å². The molecule has 0 aliphatic rings. The maximum absolute atomic E-state index is 11.9. The molecule has 100 valence electrons. The van der Waals surface area contributed by atoms with Gasteiger partial charge in [-0.1, -0.05) is 6.92 Å². The van der Waals surface area contributed by atoms with Gasteiger partial charge in [-0.15, -0.1) is 0 Å². The lowest BCUT2D eigenvalue weighted by molar-refractivity contribution is -0.384. The highest BCUT2D eigenvalue weighted by molar-refractivity contribution is 5.98. The van der Waals surface area contributed by atoms with E-state index in [0.29, 0.717) is 6.42 Å². The quantitative estimate of drug-likeness (QED) is 0.629. The van der Waals surface area contributed by atoms with E-state index >= 15 is 0 Å². The normalized spacial score (nSPS) is 13.2. The Hall–Kier alpha value is -2.46. The summed E-state index contributed by atoms with van der Waals surface area (Å²) in [4.78, 5) is 21.9. The van der Waals surface area contributed by atoms with E-state index < -0.39 is 16.4 Å². The van der Waals surface area contributed by atoms with Crippen LogP contribution < -0.4 is 11.1 Å². The number of carbonyl (C=O) groups is 1. The Kier molecular flexibility index (Phi) is 4.19. The summed E-state index contributed by atoms with van der Waals surface area (Å²) in [5, 5.41) is 22.0. The zero-order valence-electron chi connectivity index (χ0n) is 10.6. The summed E-state index contributed by atoms with van der Waals surface area (Å²) >= 11 is 0.